The topological polar surface area (TPSA) is 30.5 Å². The first-order valence-corrected chi connectivity index (χ1v) is 6.76. The van der Waals surface area contributed by atoms with Crippen LogP contribution < -0.4 is 14.8 Å². The van der Waals surface area contributed by atoms with Crippen LogP contribution in [-0.2, 0) is 12.8 Å². The van der Waals surface area contributed by atoms with Gasteiger partial charge in [0.05, 0.1) is 14.2 Å². The van der Waals surface area contributed by atoms with Gasteiger partial charge in [0.25, 0.3) is 0 Å². The molecule has 0 saturated carbocycles. The molecule has 0 aliphatic heterocycles. The van der Waals surface area contributed by atoms with E-state index in [4.69, 9.17) is 9.47 Å². The first-order chi connectivity index (χ1) is 8.80. The highest BCUT2D eigenvalue weighted by Gasteiger charge is 2.22. The fourth-order valence-electron chi connectivity index (χ4n) is 2.71. The summed E-state index contributed by atoms with van der Waals surface area (Å²) in [5, 5.41) is 3.61. The average Bonchev–Trinajstić information content (AvgIpc) is 2.43. The molecule has 0 amide bonds. The molecular weight excluding hydrogens is 226 g/mol. The van der Waals surface area contributed by atoms with E-state index in [0.29, 0.717) is 6.04 Å². The van der Waals surface area contributed by atoms with E-state index >= 15 is 0 Å². The molecule has 100 valence electrons. The lowest BCUT2D eigenvalue weighted by Gasteiger charge is -2.27. The van der Waals surface area contributed by atoms with Crippen LogP contribution in [0.2, 0.25) is 0 Å². The quantitative estimate of drug-likeness (QED) is 0.870. The zero-order valence-electron chi connectivity index (χ0n) is 11.6. The summed E-state index contributed by atoms with van der Waals surface area (Å²) in [5.74, 6) is 1.76. The van der Waals surface area contributed by atoms with Crippen LogP contribution in [0.4, 0.5) is 0 Å². The summed E-state index contributed by atoms with van der Waals surface area (Å²) >= 11 is 0. The van der Waals surface area contributed by atoms with E-state index < -0.39 is 0 Å². The summed E-state index contributed by atoms with van der Waals surface area (Å²) < 4.78 is 10.9. The SMILES string of the molecule is CCCN[C@H]1CCc2c(ccc(OC)c2OC)C1. The highest BCUT2D eigenvalue weighted by Crippen LogP contribution is 2.37. The maximum Gasteiger partial charge on any atom is 0.164 e. The summed E-state index contributed by atoms with van der Waals surface area (Å²) in [6.45, 7) is 3.31. The van der Waals surface area contributed by atoms with E-state index in [0.717, 1.165) is 30.9 Å². The van der Waals surface area contributed by atoms with Crippen molar-refractivity contribution in [3.05, 3.63) is 23.3 Å². The molecule has 18 heavy (non-hydrogen) atoms. The van der Waals surface area contributed by atoms with Crippen LogP contribution in [0.1, 0.15) is 30.9 Å². The zero-order valence-corrected chi connectivity index (χ0v) is 11.6. The Kier molecular flexibility index (Phi) is 4.48. The Hall–Kier alpha value is -1.22. The van der Waals surface area contributed by atoms with Crippen LogP contribution in [0.3, 0.4) is 0 Å². The molecular formula is C15H23NO2. The van der Waals surface area contributed by atoms with E-state index in [1.165, 1.54) is 24.0 Å². The fourth-order valence-corrected chi connectivity index (χ4v) is 2.71. The molecule has 0 radical (unpaired) electrons. The largest absolute Gasteiger partial charge is 0.493 e. The van der Waals surface area contributed by atoms with Gasteiger partial charge in [0, 0.05) is 11.6 Å². The second-order valence-corrected chi connectivity index (χ2v) is 4.83. The Balaban J connectivity index is 2.19. The van der Waals surface area contributed by atoms with Crippen molar-refractivity contribution in [2.75, 3.05) is 20.8 Å². The Morgan fingerprint density at radius 2 is 2.11 bits per heavy atom. The molecule has 0 saturated heterocycles. The van der Waals surface area contributed by atoms with Crippen LogP contribution in [0.5, 0.6) is 11.5 Å². The van der Waals surface area contributed by atoms with Gasteiger partial charge < -0.3 is 14.8 Å². The molecule has 0 fully saturated rings. The smallest absolute Gasteiger partial charge is 0.164 e. The van der Waals surface area contributed by atoms with Crippen molar-refractivity contribution < 1.29 is 9.47 Å². The normalized spacial score (nSPS) is 18.3. The summed E-state index contributed by atoms with van der Waals surface area (Å²) in [4.78, 5) is 0. The number of hydrogen-bond acceptors (Lipinski definition) is 3. The number of nitrogens with one attached hydrogen (secondary N) is 1. The van der Waals surface area contributed by atoms with Crippen LogP contribution in [0, 0.1) is 0 Å². The van der Waals surface area contributed by atoms with Crippen molar-refractivity contribution in [1.82, 2.24) is 5.32 Å². The van der Waals surface area contributed by atoms with Gasteiger partial charge in [0.2, 0.25) is 0 Å². The molecule has 0 bridgehead atoms. The van der Waals surface area contributed by atoms with Gasteiger partial charge in [-0.15, -0.1) is 0 Å². The third kappa shape index (κ3) is 2.61. The lowest BCUT2D eigenvalue weighted by Crippen LogP contribution is -2.35. The minimum absolute atomic E-state index is 0.607. The first kappa shape index (κ1) is 13.2. The molecule has 0 unspecified atom stereocenters. The van der Waals surface area contributed by atoms with Crippen molar-refractivity contribution in [2.24, 2.45) is 0 Å². The van der Waals surface area contributed by atoms with E-state index in [-0.39, 0.29) is 0 Å². The molecule has 1 aliphatic carbocycles. The molecule has 3 nitrogen and oxygen atoms in total. The molecule has 1 aromatic carbocycles. The van der Waals surface area contributed by atoms with Crippen molar-refractivity contribution in [2.45, 2.75) is 38.6 Å². The van der Waals surface area contributed by atoms with E-state index in [1.54, 1.807) is 14.2 Å². The Morgan fingerprint density at radius 1 is 1.28 bits per heavy atom. The Morgan fingerprint density at radius 3 is 2.78 bits per heavy atom. The molecule has 1 aliphatic rings. The predicted molar refractivity (Wildman–Crippen MR) is 73.7 cm³/mol. The van der Waals surface area contributed by atoms with Gasteiger partial charge in [0.1, 0.15) is 0 Å². The van der Waals surface area contributed by atoms with Crippen molar-refractivity contribution in [3.8, 4) is 11.5 Å². The lowest BCUT2D eigenvalue weighted by atomic mass is 9.87. The van der Waals surface area contributed by atoms with Gasteiger partial charge in [-0.1, -0.05) is 13.0 Å². The van der Waals surface area contributed by atoms with Crippen LogP contribution in [0.25, 0.3) is 0 Å². The molecule has 1 N–H and O–H groups in total. The molecule has 1 aromatic rings. The molecule has 0 heterocycles. The maximum absolute atomic E-state index is 5.51. The van der Waals surface area contributed by atoms with Gasteiger partial charge in [-0.2, -0.15) is 0 Å². The lowest BCUT2D eigenvalue weighted by molar-refractivity contribution is 0.346. The first-order valence-electron chi connectivity index (χ1n) is 6.76. The number of methoxy groups -OCH3 is 2. The minimum atomic E-state index is 0.607. The number of fused-ring (bicyclic) bond motifs is 1. The second kappa shape index (κ2) is 6.10. The summed E-state index contributed by atoms with van der Waals surface area (Å²) in [6.07, 6.45) is 4.53. The monoisotopic (exact) mass is 249 g/mol. The third-order valence-electron chi connectivity index (χ3n) is 3.64. The molecule has 0 spiro atoms. The van der Waals surface area contributed by atoms with Crippen molar-refractivity contribution >= 4 is 0 Å². The zero-order chi connectivity index (χ0) is 13.0. The summed E-state index contributed by atoms with van der Waals surface area (Å²) in [7, 11) is 3.41. The van der Waals surface area contributed by atoms with Crippen molar-refractivity contribution in [1.29, 1.82) is 0 Å². The van der Waals surface area contributed by atoms with Gasteiger partial charge in [0.15, 0.2) is 11.5 Å². The average molecular weight is 249 g/mol. The molecule has 1 atom stereocenters. The molecule has 2 rings (SSSR count). The Labute approximate surface area is 109 Å². The van der Waals surface area contributed by atoms with Gasteiger partial charge in [-0.25, -0.2) is 0 Å². The number of ether oxygens (including phenoxy) is 2. The van der Waals surface area contributed by atoms with Crippen LogP contribution in [-0.4, -0.2) is 26.8 Å². The van der Waals surface area contributed by atoms with E-state index in [9.17, 15) is 0 Å². The number of hydrogen-bond donors (Lipinski definition) is 1. The standard InChI is InChI=1S/C15H23NO2/c1-4-9-16-12-6-7-13-11(10-12)5-8-14(17-2)15(13)18-3/h5,8,12,16H,4,6-7,9-10H2,1-3H3/t12-/m0/s1. The van der Waals surface area contributed by atoms with Gasteiger partial charge in [-0.3, -0.25) is 0 Å². The second-order valence-electron chi connectivity index (χ2n) is 4.83. The fraction of sp³-hybridized carbons (Fsp3) is 0.600. The number of rotatable bonds is 5. The maximum atomic E-state index is 5.51. The van der Waals surface area contributed by atoms with Gasteiger partial charge in [-0.05, 0) is 43.9 Å². The number of benzene rings is 1. The molecule has 0 aromatic heterocycles. The van der Waals surface area contributed by atoms with Crippen LogP contribution in [0.15, 0.2) is 12.1 Å². The highest BCUT2D eigenvalue weighted by atomic mass is 16.5. The minimum Gasteiger partial charge on any atom is -0.493 e. The third-order valence-corrected chi connectivity index (χ3v) is 3.64. The Bertz CT molecular complexity index is 404. The summed E-state index contributed by atoms with van der Waals surface area (Å²) in [6, 6.07) is 4.80. The van der Waals surface area contributed by atoms with Gasteiger partial charge >= 0.3 is 0 Å². The predicted octanol–water partition coefficient (Wildman–Crippen LogP) is 2.56. The van der Waals surface area contributed by atoms with E-state index in [1.807, 2.05) is 6.07 Å². The van der Waals surface area contributed by atoms with Crippen LogP contribution >= 0.6 is 0 Å². The molecule has 3 heteroatoms. The van der Waals surface area contributed by atoms with Crippen molar-refractivity contribution in [3.63, 3.8) is 0 Å². The summed E-state index contributed by atoms with van der Waals surface area (Å²) in [5.41, 5.74) is 2.72. The highest BCUT2D eigenvalue weighted by molar-refractivity contribution is 5.52. The van der Waals surface area contributed by atoms with E-state index in [2.05, 4.69) is 18.3 Å².